The molecule has 0 fully saturated rings. The number of rotatable bonds is 8. The van der Waals surface area contributed by atoms with Crippen molar-refractivity contribution in [3.05, 3.63) is 89.5 Å². The van der Waals surface area contributed by atoms with Gasteiger partial charge >= 0.3 is 0 Å². The van der Waals surface area contributed by atoms with Gasteiger partial charge in [-0.15, -0.1) is 0 Å². The topological polar surface area (TPSA) is 79.0 Å². The Morgan fingerprint density at radius 1 is 1.03 bits per heavy atom. The van der Waals surface area contributed by atoms with Gasteiger partial charge in [0, 0.05) is 32.4 Å². The molecule has 178 valence electrons. The third-order valence-corrected chi connectivity index (χ3v) is 7.78. The summed E-state index contributed by atoms with van der Waals surface area (Å²) < 4.78 is 32.4. The number of amides is 1. The van der Waals surface area contributed by atoms with E-state index in [0.29, 0.717) is 12.2 Å². The van der Waals surface area contributed by atoms with Crippen LogP contribution in [0.15, 0.2) is 77.7 Å². The number of nitrogens with one attached hydrogen (secondary N) is 1. The molecular formula is C26H29N3O4S. The molecule has 4 rings (SSSR count). The van der Waals surface area contributed by atoms with Gasteiger partial charge in [-0.3, -0.25) is 9.69 Å². The Labute approximate surface area is 201 Å². The lowest BCUT2D eigenvalue weighted by atomic mass is 9.99. The van der Waals surface area contributed by atoms with Crippen molar-refractivity contribution in [2.45, 2.75) is 24.4 Å². The molecule has 1 N–H and O–H groups in total. The second-order valence-electron chi connectivity index (χ2n) is 8.41. The minimum atomic E-state index is -3.64. The molecule has 0 aliphatic carbocycles. The maximum absolute atomic E-state index is 12.9. The van der Waals surface area contributed by atoms with Crippen molar-refractivity contribution in [1.29, 1.82) is 0 Å². The first kappa shape index (κ1) is 23.9. The van der Waals surface area contributed by atoms with Gasteiger partial charge in [0.15, 0.2) is 0 Å². The Morgan fingerprint density at radius 3 is 2.47 bits per heavy atom. The lowest BCUT2D eigenvalue weighted by Gasteiger charge is -2.28. The number of methoxy groups -OCH3 is 1. The molecule has 34 heavy (non-hydrogen) atoms. The van der Waals surface area contributed by atoms with Crippen LogP contribution in [-0.2, 0) is 34.3 Å². The number of benzene rings is 3. The second kappa shape index (κ2) is 10.4. The van der Waals surface area contributed by atoms with Gasteiger partial charge in [-0.2, -0.15) is 4.31 Å². The summed E-state index contributed by atoms with van der Waals surface area (Å²) in [6.45, 7) is 2.03. The summed E-state index contributed by atoms with van der Waals surface area (Å²) in [5.41, 5.74) is 3.93. The van der Waals surface area contributed by atoms with Gasteiger partial charge in [-0.05, 0) is 59.5 Å². The van der Waals surface area contributed by atoms with Gasteiger partial charge < -0.3 is 10.1 Å². The van der Waals surface area contributed by atoms with Gasteiger partial charge in [-0.25, -0.2) is 8.42 Å². The van der Waals surface area contributed by atoms with Crippen LogP contribution >= 0.6 is 0 Å². The molecule has 0 bridgehead atoms. The largest absolute Gasteiger partial charge is 0.497 e. The van der Waals surface area contributed by atoms with Crippen molar-refractivity contribution in [3.63, 3.8) is 0 Å². The Morgan fingerprint density at radius 2 is 1.76 bits per heavy atom. The highest BCUT2D eigenvalue weighted by Gasteiger charge is 2.22. The van der Waals surface area contributed by atoms with Crippen molar-refractivity contribution in [3.8, 4) is 5.75 Å². The Balaban J connectivity index is 1.34. The predicted octanol–water partition coefficient (Wildman–Crippen LogP) is 3.51. The van der Waals surface area contributed by atoms with Crippen LogP contribution in [0.5, 0.6) is 5.75 Å². The Kier molecular flexibility index (Phi) is 7.31. The Hall–Kier alpha value is -3.20. The summed E-state index contributed by atoms with van der Waals surface area (Å²) in [4.78, 5) is 14.9. The molecule has 0 radical (unpaired) electrons. The standard InChI is InChI=1S/C26H29N3O4S/c1-28(17-20-6-4-3-5-7-20)34(31,32)25-12-9-23(10-13-25)27-26(30)19-29-15-14-21-8-11-24(33-2)16-22(21)18-29/h3-13,16H,14-15,17-19H2,1-2H3,(H,27,30). The normalized spacial score (nSPS) is 14.0. The van der Waals surface area contributed by atoms with Crippen molar-refractivity contribution >= 4 is 21.6 Å². The summed E-state index contributed by atoms with van der Waals surface area (Å²) in [5.74, 6) is 0.678. The summed E-state index contributed by atoms with van der Waals surface area (Å²) in [6.07, 6.45) is 0.885. The van der Waals surface area contributed by atoms with Gasteiger partial charge in [0.2, 0.25) is 15.9 Å². The quantitative estimate of drug-likeness (QED) is 0.535. The zero-order valence-corrected chi connectivity index (χ0v) is 20.2. The first-order chi connectivity index (χ1) is 16.3. The predicted molar refractivity (Wildman–Crippen MR) is 132 cm³/mol. The number of anilines is 1. The number of hydrogen-bond acceptors (Lipinski definition) is 5. The van der Waals surface area contributed by atoms with Crippen molar-refractivity contribution < 1.29 is 17.9 Å². The van der Waals surface area contributed by atoms with Crippen molar-refractivity contribution in [2.75, 3.05) is 32.6 Å². The van der Waals surface area contributed by atoms with Crippen LogP contribution in [0.1, 0.15) is 16.7 Å². The summed E-state index contributed by atoms with van der Waals surface area (Å²) >= 11 is 0. The van der Waals surface area contributed by atoms with Crippen LogP contribution in [0.3, 0.4) is 0 Å². The molecule has 0 unspecified atom stereocenters. The number of carbonyl (C=O) groups excluding carboxylic acids is 1. The number of ether oxygens (including phenoxy) is 1. The number of nitrogens with zero attached hydrogens (tertiary/aromatic N) is 2. The van der Waals surface area contributed by atoms with Gasteiger partial charge in [0.25, 0.3) is 0 Å². The molecule has 1 aliphatic heterocycles. The van der Waals surface area contributed by atoms with E-state index in [-0.39, 0.29) is 23.9 Å². The maximum Gasteiger partial charge on any atom is 0.243 e. The highest BCUT2D eigenvalue weighted by molar-refractivity contribution is 7.89. The van der Waals surface area contributed by atoms with Crippen LogP contribution < -0.4 is 10.1 Å². The molecule has 0 aromatic heterocycles. The van der Waals surface area contributed by atoms with E-state index in [4.69, 9.17) is 4.74 Å². The SMILES string of the molecule is COc1ccc2c(c1)CN(CC(=O)Nc1ccc(S(=O)(=O)N(C)Cc3ccccc3)cc1)CC2. The molecule has 0 spiro atoms. The molecule has 8 heteroatoms. The zero-order valence-electron chi connectivity index (χ0n) is 19.4. The maximum atomic E-state index is 12.9. The smallest absolute Gasteiger partial charge is 0.243 e. The first-order valence-corrected chi connectivity index (χ1v) is 12.6. The van der Waals surface area contributed by atoms with Gasteiger partial charge in [0.05, 0.1) is 18.6 Å². The van der Waals surface area contributed by atoms with Crippen molar-refractivity contribution in [1.82, 2.24) is 9.21 Å². The fourth-order valence-corrected chi connectivity index (χ4v) is 5.23. The lowest BCUT2D eigenvalue weighted by molar-refractivity contribution is -0.117. The zero-order chi connectivity index (χ0) is 24.1. The Bertz CT molecular complexity index is 1240. The molecule has 1 amide bonds. The minimum absolute atomic E-state index is 0.136. The average molecular weight is 480 g/mol. The van der Waals surface area contributed by atoms with E-state index in [1.165, 1.54) is 27.6 Å². The van der Waals surface area contributed by atoms with Crippen molar-refractivity contribution in [2.24, 2.45) is 0 Å². The highest BCUT2D eigenvalue weighted by atomic mass is 32.2. The van der Waals surface area contributed by atoms with Crippen LogP contribution in [-0.4, -0.2) is 50.8 Å². The van der Waals surface area contributed by atoms with E-state index in [0.717, 1.165) is 24.3 Å². The van der Waals surface area contributed by atoms with E-state index in [1.807, 2.05) is 42.5 Å². The van der Waals surface area contributed by atoms with Gasteiger partial charge in [-0.1, -0.05) is 36.4 Å². The van der Waals surface area contributed by atoms with Gasteiger partial charge in [0.1, 0.15) is 5.75 Å². The second-order valence-corrected chi connectivity index (χ2v) is 10.5. The monoisotopic (exact) mass is 479 g/mol. The van der Waals surface area contributed by atoms with E-state index in [9.17, 15) is 13.2 Å². The van der Waals surface area contributed by atoms with Crippen LogP contribution in [0, 0.1) is 0 Å². The molecule has 0 atom stereocenters. The number of hydrogen-bond donors (Lipinski definition) is 1. The molecular weight excluding hydrogens is 450 g/mol. The van der Waals surface area contributed by atoms with E-state index in [2.05, 4.69) is 16.3 Å². The van der Waals surface area contributed by atoms with E-state index in [1.54, 1.807) is 26.3 Å². The van der Waals surface area contributed by atoms with Crippen LogP contribution in [0.4, 0.5) is 5.69 Å². The minimum Gasteiger partial charge on any atom is -0.497 e. The summed E-state index contributed by atoms with van der Waals surface area (Å²) in [5, 5.41) is 2.87. The molecule has 3 aromatic carbocycles. The summed E-state index contributed by atoms with van der Waals surface area (Å²) in [6, 6.07) is 21.8. The molecule has 1 heterocycles. The molecule has 0 saturated carbocycles. The fourth-order valence-electron chi connectivity index (χ4n) is 4.07. The highest BCUT2D eigenvalue weighted by Crippen LogP contribution is 2.24. The van der Waals surface area contributed by atoms with E-state index >= 15 is 0 Å². The summed E-state index contributed by atoms with van der Waals surface area (Å²) in [7, 11) is -0.431. The molecule has 3 aromatic rings. The third-order valence-electron chi connectivity index (χ3n) is 5.97. The molecule has 7 nitrogen and oxygen atoms in total. The molecule has 1 aliphatic rings. The first-order valence-electron chi connectivity index (χ1n) is 11.1. The number of carbonyl (C=O) groups is 1. The molecule has 0 saturated heterocycles. The van der Waals surface area contributed by atoms with Crippen LogP contribution in [0.25, 0.3) is 0 Å². The van der Waals surface area contributed by atoms with Crippen LogP contribution in [0.2, 0.25) is 0 Å². The number of sulfonamides is 1. The average Bonchev–Trinajstić information content (AvgIpc) is 2.84. The van der Waals surface area contributed by atoms with E-state index < -0.39 is 10.0 Å². The lowest BCUT2D eigenvalue weighted by Crippen LogP contribution is -2.37. The number of fused-ring (bicyclic) bond motifs is 1. The fraction of sp³-hybridized carbons (Fsp3) is 0.269. The third kappa shape index (κ3) is 5.64.